The van der Waals surface area contributed by atoms with Gasteiger partial charge in [0.25, 0.3) is 5.91 Å². The van der Waals surface area contributed by atoms with E-state index >= 15 is 0 Å². The summed E-state index contributed by atoms with van der Waals surface area (Å²) in [6.45, 7) is 4.49. The molecule has 0 spiro atoms. The minimum Gasteiger partial charge on any atom is -0.369 e. The number of carbonyl (C=O) groups is 1. The van der Waals surface area contributed by atoms with Gasteiger partial charge in [-0.15, -0.1) is 0 Å². The van der Waals surface area contributed by atoms with E-state index in [0.29, 0.717) is 42.6 Å². The Labute approximate surface area is 253 Å². The molecule has 232 valence electrons. The Balaban J connectivity index is 1.24. The van der Waals surface area contributed by atoms with Crippen molar-refractivity contribution in [2.45, 2.75) is 44.7 Å². The van der Waals surface area contributed by atoms with Gasteiger partial charge in [0.1, 0.15) is 18.0 Å². The Bertz CT molecular complexity index is 1620. The van der Waals surface area contributed by atoms with E-state index in [-0.39, 0.29) is 16.9 Å². The zero-order chi connectivity index (χ0) is 31.5. The third-order valence-electron chi connectivity index (χ3n) is 8.15. The molecule has 1 amide bonds. The molecule has 0 saturated carbocycles. The number of halogens is 4. The number of likely N-dealkylation sites (tertiary alicyclic amines) is 1. The number of nitrogens with one attached hydrogen (secondary N) is 2. The molecule has 0 atom stereocenters. The number of alkyl halides is 3. The van der Waals surface area contributed by atoms with Crippen LogP contribution in [0.5, 0.6) is 0 Å². The molecular weight excluding hydrogens is 574 g/mol. The average molecular weight is 610 g/mol. The van der Waals surface area contributed by atoms with Crippen LogP contribution in [0.25, 0.3) is 22.2 Å². The van der Waals surface area contributed by atoms with Crippen LogP contribution in [-0.2, 0) is 11.8 Å². The number of anilines is 1. The van der Waals surface area contributed by atoms with Gasteiger partial charge in [-0.2, -0.15) is 13.2 Å². The van der Waals surface area contributed by atoms with E-state index in [1.807, 2.05) is 32.0 Å². The highest BCUT2D eigenvalue weighted by Gasteiger charge is 2.32. The van der Waals surface area contributed by atoms with E-state index in [2.05, 4.69) is 30.6 Å². The predicted molar refractivity (Wildman–Crippen MR) is 161 cm³/mol. The molecule has 2 N–H and O–H groups in total. The number of hydrogen-bond donors (Lipinski definition) is 2. The second kappa shape index (κ2) is 12.8. The lowest BCUT2D eigenvalue weighted by molar-refractivity contribution is -0.148. The van der Waals surface area contributed by atoms with Crippen molar-refractivity contribution < 1.29 is 22.4 Å². The number of aromatic nitrogens is 4. The Morgan fingerprint density at radius 1 is 1.02 bits per heavy atom. The van der Waals surface area contributed by atoms with Gasteiger partial charge in [-0.05, 0) is 68.1 Å². The summed E-state index contributed by atoms with van der Waals surface area (Å²) in [5.74, 6) is 0.0132. The van der Waals surface area contributed by atoms with Crippen LogP contribution in [0.1, 0.15) is 48.3 Å². The molecule has 4 heterocycles. The van der Waals surface area contributed by atoms with E-state index in [1.54, 1.807) is 12.3 Å². The lowest BCUT2D eigenvalue weighted by atomic mass is 9.82. The van der Waals surface area contributed by atoms with Gasteiger partial charge in [-0.1, -0.05) is 19.9 Å². The fourth-order valence-electron chi connectivity index (χ4n) is 5.71. The molecule has 4 aromatic rings. The lowest BCUT2D eigenvalue weighted by Crippen LogP contribution is -2.40. The summed E-state index contributed by atoms with van der Waals surface area (Å²) in [6, 6.07) is 10.3. The summed E-state index contributed by atoms with van der Waals surface area (Å²) < 4.78 is 52.9. The Morgan fingerprint density at radius 2 is 1.80 bits per heavy atom. The first-order chi connectivity index (χ1) is 20.9. The molecule has 12 heteroatoms. The van der Waals surface area contributed by atoms with Crippen LogP contribution in [0.3, 0.4) is 0 Å². The number of pyridine rings is 2. The molecule has 1 aliphatic heterocycles. The second-order valence-corrected chi connectivity index (χ2v) is 11.9. The quantitative estimate of drug-likeness (QED) is 0.232. The van der Waals surface area contributed by atoms with Crippen LogP contribution in [0, 0.1) is 11.7 Å². The summed E-state index contributed by atoms with van der Waals surface area (Å²) >= 11 is 0. The molecule has 5 rings (SSSR count). The Hall–Kier alpha value is -4.19. The van der Waals surface area contributed by atoms with Gasteiger partial charge >= 0.3 is 6.18 Å². The van der Waals surface area contributed by atoms with Crippen LogP contribution in [0.2, 0.25) is 0 Å². The minimum atomic E-state index is -4.16. The van der Waals surface area contributed by atoms with Gasteiger partial charge in [0.15, 0.2) is 0 Å². The molecule has 0 unspecified atom stereocenters. The number of carbonyl (C=O) groups excluding carboxylic acids is 1. The van der Waals surface area contributed by atoms with E-state index in [1.165, 1.54) is 36.6 Å². The zero-order valence-corrected chi connectivity index (χ0v) is 24.9. The molecule has 8 nitrogen and oxygen atoms in total. The van der Waals surface area contributed by atoms with Gasteiger partial charge in [0, 0.05) is 54.1 Å². The molecule has 1 fully saturated rings. The van der Waals surface area contributed by atoms with Crippen LogP contribution in [0.15, 0.2) is 55.1 Å². The number of rotatable bonds is 9. The highest BCUT2D eigenvalue weighted by molar-refractivity contribution is 6.06. The number of hydrogen-bond acceptors (Lipinski definition) is 7. The smallest absolute Gasteiger partial charge is 0.369 e. The first kappa shape index (κ1) is 31.2. The highest BCUT2D eigenvalue weighted by atomic mass is 19.4. The van der Waals surface area contributed by atoms with E-state index < -0.39 is 24.0 Å². The largest absolute Gasteiger partial charge is 0.401 e. The number of piperidine rings is 1. The fourth-order valence-corrected chi connectivity index (χ4v) is 5.71. The van der Waals surface area contributed by atoms with Crippen LogP contribution in [0.4, 0.5) is 23.4 Å². The third kappa shape index (κ3) is 7.29. The maximum atomic E-state index is 14.9. The maximum Gasteiger partial charge on any atom is 0.401 e. The van der Waals surface area contributed by atoms with Gasteiger partial charge < -0.3 is 10.6 Å². The van der Waals surface area contributed by atoms with Gasteiger partial charge in [-0.3, -0.25) is 19.7 Å². The number of benzene rings is 1. The van der Waals surface area contributed by atoms with Crippen molar-refractivity contribution in [3.8, 4) is 11.3 Å². The monoisotopic (exact) mass is 609 g/mol. The predicted octanol–water partition coefficient (Wildman–Crippen LogP) is 5.79. The Kier molecular flexibility index (Phi) is 9.10. The number of fused-ring (bicyclic) bond motifs is 1. The van der Waals surface area contributed by atoms with Crippen molar-refractivity contribution in [2.75, 3.05) is 38.5 Å². The molecule has 0 bridgehead atoms. The molecule has 1 aliphatic rings. The van der Waals surface area contributed by atoms with E-state index in [0.717, 1.165) is 36.1 Å². The minimum absolute atomic E-state index is 0.185. The highest BCUT2D eigenvalue weighted by Crippen LogP contribution is 2.33. The number of nitrogens with zero attached hydrogens (tertiary/aromatic N) is 5. The first-order valence-corrected chi connectivity index (χ1v) is 14.5. The molecular formula is C32H35F4N7O. The SMILES string of the molecule is CNC(=O)c1ccnc2c(C(C)(C)CNc3cc(-c4ccc(CC5CCN(CC(F)(F)F)CC5)nc4)ncn3)ccc(F)c12. The third-order valence-corrected chi connectivity index (χ3v) is 8.15. The van der Waals surface area contributed by atoms with Crippen molar-refractivity contribution in [3.63, 3.8) is 0 Å². The molecule has 1 aromatic carbocycles. The number of amides is 1. The van der Waals surface area contributed by atoms with Crippen molar-refractivity contribution >= 4 is 22.6 Å². The van der Waals surface area contributed by atoms with Crippen LogP contribution < -0.4 is 10.6 Å². The molecule has 3 aromatic heterocycles. The summed E-state index contributed by atoms with van der Waals surface area (Å²) in [5, 5.41) is 6.10. The lowest BCUT2D eigenvalue weighted by Gasteiger charge is -2.32. The van der Waals surface area contributed by atoms with Gasteiger partial charge in [0.2, 0.25) is 0 Å². The van der Waals surface area contributed by atoms with Gasteiger partial charge in [0.05, 0.1) is 23.3 Å². The fraction of sp³-hybridized carbons (Fsp3) is 0.406. The second-order valence-electron chi connectivity index (χ2n) is 11.9. The normalized spacial score (nSPS) is 15.0. The van der Waals surface area contributed by atoms with E-state index in [9.17, 15) is 22.4 Å². The van der Waals surface area contributed by atoms with Crippen molar-refractivity contribution in [2.24, 2.45) is 5.92 Å². The van der Waals surface area contributed by atoms with Crippen LogP contribution >= 0.6 is 0 Å². The maximum absolute atomic E-state index is 14.9. The summed E-state index contributed by atoms with van der Waals surface area (Å²) in [5.41, 5.74) is 3.32. The standard InChI is InChI=1S/C32H35F4N7O/c1-31(2,24-6-7-25(33)28-23(30(44)37-3)8-11-38-29(24)28)17-40-27-15-26(41-19-42-27)21-4-5-22(39-16-21)14-20-9-12-43(13-10-20)18-32(34,35)36/h4-8,11,15-16,19-20H,9-10,12-14,17-18H2,1-3H3,(H,37,44)(H,40,41,42). The Morgan fingerprint density at radius 3 is 2.48 bits per heavy atom. The molecule has 44 heavy (non-hydrogen) atoms. The zero-order valence-electron chi connectivity index (χ0n) is 24.9. The first-order valence-electron chi connectivity index (χ1n) is 14.5. The summed E-state index contributed by atoms with van der Waals surface area (Å²) in [7, 11) is 1.50. The van der Waals surface area contributed by atoms with Gasteiger partial charge in [-0.25, -0.2) is 14.4 Å². The summed E-state index contributed by atoms with van der Waals surface area (Å²) in [4.78, 5) is 31.7. The topological polar surface area (TPSA) is 95.9 Å². The van der Waals surface area contributed by atoms with Crippen molar-refractivity contribution in [3.05, 3.63) is 77.8 Å². The molecule has 1 saturated heterocycles. The van der Waals surface area contributed by atoms with Crippen LogP contribution in [-0.4, -0.2) is 70.1 Å². The van der Waals surface area contributed by atoms with Crippen molar-refractivity contribution in [1.82, 2.24) is 30.2 Å². The molecule has 0 radical (unpaired) electrons. The van der Waals surface area contributed by atoms with Crippen molar-refractivity contribution in [1.29, 1.82) is 0 Å². The van der Waals surface area contributed by atoms with E-state index in [4.69, 9.17) is 0 Å². The summed E-state index contributed by atoms with van der Waals surface area (Å²) in [6.07, 6.45) is 2.74. The average Bonchev–Trinajstić information content (AvgIpc) is 3.00. The molecule has 0 aliphatic carbocycles.